The average Bonchev–Trinajstić information content (AvgIpc) is 2.34. The topological polar surface area (TPSA) is 15.3 Å². The number of hydrogen-bond acceptors (Lipinski definition) is 2. The number of likely N-dealkylation sites (tertiary alicyclic amines) is 1. The molecular weight excluding hydrogens is 220 g/mol. The Morgan fingerprint density at radius 2 is 1.61 bits per heavy atom. The molecule has 1 heterocycles. The highest BCUT2D eigenvalue weighted by Crippen LogP contribution is 2.29. The third-order valence-electron chi connectivity index (χ3n) is 4.21. The predicted molar refractivity (Wildman–Crippen MR) is 81.1 cm³/mol. The van der Waals surface area contributed by atoms with E-state index in [2.05, 4.69) is 31.0 Å². The molecule has 0 atom stereocenters. The summed E-state index contributed by atoms with van der Waals surface area (Å²) >= 11 is 0. The number of piperidine rings is 1. The molecule has 0 aromatic heterocycles. The Kier molecular flexibility index (Phi) is 7.92. The third-order valence-corrected chi connectivity index (χ3v) is 4.21. The van der Waals surface area contributed by atoms with E-state index in [1.807, 2.05) is 0 Å². The van der Waals surface area contributed by atoms with Crippen molar-refractivity contribution in [3.63, 3.8) is 0 Å². The van der Waals surface area contributed by atoms with Gasteiger partial charge in [0, 0.05) is 0 Å². The number of hydrogen-bond donors (Lipinski definition) is 1. The Morgan fingerprint density at radius 3 is 2.28 bits per heavy atom. The minimum absolute atomic E-state index is 0.599. The lowest BCUT2D eigenvalue weighted by molar-refractivity contribution is 0.131. The molecule has 0 saturated carbocycles. The quantitative estimate of drug-likeness (QED) is 0.632. The van der Waals surface area contributed by atoms with Gasteiger partial charge in [-0.1, -0.05) is 33.6 Å². The summed E-state index contributed by atoms with van der Waals surface area (Å²) in [5.41, 5.74) is 0.599. The van der Waals surface area contributed by atoms with Crippen LogP contribution in [0.5, 0.6) is 0 Å². The van der Waals surface area contributed by atoms with Crippen LogP contribution < -0.4 is 5.32 Å². The summed E-state index contributed by atoms with van der Waals surface area (Å²) in [5, 5.41) is 3.47. The van der Waals surface area contributed by atoms with Gasteiger partial charge in [0.15, 0.2) is 0 Å². The molecule has 1 saturated heterocycles. The van der Waals surface area contributed by atoms with Crippen molar-refractivity contribution >= 4 is 0 Å². The van der Waals surface area contributed by atoms with Gasteiger partial charge < -0.3 is 10.2 Å². The van der Waals surface area contributed by atoms with Gasteiger partial charge in [-0.3, -0.25) is 0 Å². The summed E-state index contributed by atoms with van der Waals surface area (Å²) in [6.07, 6.45) is 9.58. The Balaban J connectivity index is 1.87. The molecule has 0 amide bonds. The molecule has 0 radical (unpaired) electrons. The van der Waals surface area contributed by atoms with Crippen LogP contribution in [0.25, 0.3) is 0 Å². The zero-order valence-electron chi connectivity index (χ0n) is 12.9. The molecule has 0 bridgehead atoms. The zero-order valence-corrected chi connectivity index (χ0v) is 12.9. The van der Waals surface area contributed by atoms with Crippen molar-refractivity contribution in [3.8, 4) is 0 Å². The molecular formula is C16H34N2. The highest BCUT2D eigenvalue weighted by atomic mass is 15.1. The Morgan fingerprint density at radius 1 is 0.944 bits per heavy atom. The van der Waals surface area contributed by atoms with Gasteiger partial charge in [0.1, 0.15) is 0 Å². The number of unbranched alkanes of at least 4 members (excludes halogenated alkanes) is 3. The normalized spacial score (nSPS) is 20.2. The van der Waals surface area contributed by atoms with Gasteiger partial charge in [-0.2, -0.15) is 0 Å². The molecule has 108 valence electrons. The van der Waals surface area contributed by atoms with Crippen LogP contribution in [0.3, 0.4) is 0 Å². The van der Waals surface area contributed by atoms with Gasteiger partial charge in [0.05, 0.1) is 0 Å². The van der Waals surface area contributed by atoms with Crippen molar-refractivity contribution in [1.82, 2.24) is 10.2 Å². The van der Waals surface area contributed by atoms with Crippen LogP contribution in [-0.4, -0.2) is 37.6 Å². The van der Waals surface area contributed by atoms with Crippen molar-refractivity contribution in [2.45, 2.75) is 65.7 Å². The smallest absolute Gasteiger partial charge is 0.00136 e. The molecule has 0 spiro atoms. The summed E-state index contributed by atoms with van der Waals surface area (Å²) in [7, 11) is 0. The molecule has 1 aliphatic heterocycles. The van der Waals surface area contributed by atoms with Crippen LogP contribution in [-0.2, 0) is 0 Å². The molecule has 1 fully saturated rings. The summed E-state index contributed by atoms with van der Waals surface area (Å²) in [6.45, 7) is 13.4. The van der Waals surface area contributed by atoms with E-state index in [1.54, 1.807) is 0 Å². The third kappa shape index (κ3) is 7.38. The van der Waals surface area contributed by atoms with E-state index in [0.29, 0.717) is 5.41 Å². The maximum Gasteiger partial charge on any atom is -0.00136 e. The predicted octanol–water partition coefficient (Wildman–Crippen LogP) is 3.67. The summed E-state index contributed by atoms with van der Waals surface area (Å²) in [5.74, 6) is 0. The lowest BCUT2D eigenvalue weighted by atomic mass is 9.82. The molecule has 1 N–H and O–H groups in total. The largest absolute Gasteiger partial charge is 0.317 e. The van der Waals surface area contributed by atoms with Gasteiger partial charge in [0.2, 0.25) is 0 Å². The maximum absolute atomic E-state index is 3.47. The Bertz CT molecular complexity index is 191. The van der Waals surface area contributed by atoms with Crippen molar-refractivity contribution in [2.75, 3.05) is 32.7 Å². The van der Waals surface area contributed by atoms with Gasteiger partial charge in [-0.05, 0) is 70.2 Å². The molecule has 1 rings (SSSR count). The Labute approximate surface area is 115 Å². The first-order valence-electron chi connectivity index (χ1n) is 8.07. The number of nitrogens with zero attached hydrogens (tertiary/aromatic N) is 1. The van der Waals surface area contributed by atoms with Crippen molar-refractivity contribution < 1.29 is 0 Å². The van der Waals surface area contributed by atoms with Gasteiger partial charge in [0.25, 0.3) is 0 Å². The van der Waals surface area contributed by atoms with Crippen LogP contribution >= 0.6 is 0 Å². The van der Waals surface area contributed by atoms with Gasteiger partial charge in [-0.15, -0.1) is 0 Å². The highest BCUT2D eigenvalue weighted by molar-refractivity contribution is 4.78. The van der Waals surface area contributed by atoms with E-state index in [4.69, 9.17) is 0 Å². The standard InChI is InChI=1S/C16H34N2/c1-4-11-17-12-7-5-6-8-13-18-14-9-16(2,3)10-15-18/h17H,4-15H2,1-3H3. The summed E-state index contributed by atoms with van der Waals surface area (Å²) < 4.78 is 0. The first kappa shape index (κ1) is 16.0. The first-order valence-corrected chi connectivity index (χ1v) is 8.07. The first-order chi connectivity index (χ1) is 8.64. The van der Waals surface area contributed by atoms with E-state index in [0.717, 1.165) is 0 Å². The maximum atomic E-state index is 3.47. The minimum Gasteiger partial charge on any atom is -0.317 e. The minimum atomic E-state index is 0.599. The van der Waals surface area contributed by atoms with Crippen molar-refractivity contribution in [2.24, 2.45) is 5.41 Å². The van der Waals surface area contributed by atoms with Crippen molar-refractivity contribution in [3.05, 3.63) is 0 Å². The van der Waals surface area contributed by atoms with Gasteiger partial charge >= 0.3 is 0 Å². The van der Waals surface area contributed by atoms with E-state index in [-0.39, 0.29) is 0 Å². The molecule has 0 aromatic rings. The van der Waals surface area contributed by atoms with Crippen LogP contribution in [0.2, 0.25) is 0 Å². The molecule has 2 nitrogen and oxygen atoms in total. The van der Waals surface area contributed by atoms with Crippen LogP contribution in [0.15, 0.2) is 0 Å². The molecule has 0 aromatic carbocycles. The fraction of sp³-hybridized carbons (Fsp3) is 1.00. The molecule has 0 aliphatic carbocycles. The summed E-state index contributed by atoms with van der Waals surface area (Å²) in [6, 6.07) is 0. The van der Waals surface area contributed by atoms with E-state index in [9.17, 15) is 0 Å². The van der Waals surface area contributed by atoms with Crippen LogP contribution in [0.1, 0.15) is 65.7 Å². The fourth-order valence-electron chi connectivity index (χ4n) is 2.62. The molecule has 1 aliphatic rings. The fourth-order valence-corrected chi connectivity index (χ4v) is 2.62. The lowest BCUT2D eigenvalue weighted by Crippen LogP contribution is -2.37. The molecule has 2 heteroatoms. The average molecular weight is 254 g/mol. The number of nitrogens with one attached hydrogen (secondary N) is 1. The van der Waals surface area contributed by atoms with Gasteiger partial charge in [-0.25, -0.2) is 0 Å². The molecule has 18 heavy (non-hydrogen) atoms. The second-order valence-electron chi connectivity index (χ2n) is 6.67. The molecule has 0 unspecified atom stereocenters. The Hall–Kier alpha value is -0.0800. The second-order valence-corrected chi connectivity index (χ2v) is 6.67. The SMILES string of the molecule is CCCNCCCCCCN1CCC(C)(C)CC1. The van der Waals surface area contributed by atoms with Crippen LogP contribution in [0.4, 0.5) is 0 Å². The zero-order chi connectivity index (χ0) is 13.3. The highest BCUT2D eigenvalue weighted by Gasteiger charge is 2.24. The number of rotatable bonds is 9. The van der Waals surface area contributed by atoms with E-state index >= 15 is 0 Å². The van der Waals surface area contributed by atoms with Crippen LogP contribution in [0, 0.1) is 5.41 Å². The second kappa shape index (κ2) is 8.92. The summed E-state index contributed by atoms with van der Waals surface area (Å²) in [4.78, 5) is 2.67. The lowest BCUT2D eigenvalue weighted by Gasteiger charge is -2.36. The van der Waals surface area contributed by atoms with E-state index in [1.165, 1.54) is 77.7 Å². The monoisotopic (exact) mass is 254 g/mol. The van der Waals surface area contributed by atoms with E-state index < -0.39 is 0 Å². The van der Waals surface area contributed by atoms with Crippen molar-refractivity contribution in [1.29, 1.82) is 0 Å².